The molecule has 2 unspecified atom stereocenters. The van der Waals surface area contributed by atoms with Crippen LogP contribution in [0.25, 0.3) is 0 Å². The van der Waals surface area contributed by atoms with E-state index in [1.165, 1.54) is 11.3 Å². The van der Waals surface area contributed by atoms with E-state index in [-0.39, 0.29) is 0 Å². The fourth-order valence-electron chi connectivity index (χ4n) is 1.12. The maximum Gasteiger partial charge on any atom is 0.115 e. The highest BCUT2D eigenvalue weighted by atomic mass is 32.1. The Bertz CT molecular complexity index is 262. The number of likely N-dealkylation sites (N-methyl/N-ethyl adjacent to an activating group) is 1. The second-order valence-electron chi connectivity index (χ2n) is 3.02. The van der Waals surface area contributed by atoms with Crippen LogP contribution in [0.1, 0.15) is 15.9 Å². The van der Waals surface area contributed by atoms with Gasteiger partial charge in [0.1, 0.15) is 6.10 Å². The minimum Gasteiger partial charge on any atom is -0.389 e. The number of aryl methyl sites for hydroxylation is 1. The van der Waals surface area contributed by atoms with Gasteiger partial charge in [-0.15, -0.1) is 11.3 Å². The van der Waals surface area contributed by atoms with Crippen LogP contribution in [0.5, 0.6) is 0 Å². The van der Waals surface area contributed by atoms with Crippen molar-refractivity contribution in [3.63, 3.8) is 0 Å². The second kappa shape index (κ2) is 4.72. The molecule has 0 aliphatic heterocycles. The zero-order valence-corrected chi connectivity index (χ0v) is 8.64. The highest BCUT2D eigenvalue weighted by molar-refractivity contribution is 7.12. The normalized spacial score (nSPS) is 15.7. The van der Waals surface area contributed by atoms with Gasteiger partial charge in [-0.25, -0.2) is 0 Å². The third kappa shape index (κ3) is 2.77. The molecule has 0 aliphatic rings. The van der Waals surface area contributed by atoms with Gasteiger partial charge in [0.25, 0.3) is 0 Å². The van der Waals surface area contributed by atoms with Gasteiger partial charge >= 0.3 is 0 Å². The largest absolute Gasteiger partial charge is 0.389 e. The molecule has 13 heavy (non-hydrogen) atoms. The van der Waals surface area contributed by atoms with E-state index in [9.17, 15) is 10.2 Å². The van der Waals surface area contributed by atoms with Gasteiger partial charge in [-0.1, -0.05) is 0 Å². The zero-order chi connectivity index (χ0) is 9.84. The zero-order valence-electron chi connectivity index (χ0n) is 7.82. The molecule has 0 saturated heterocycles. The lowest BCUT2D eigenvalue weighted by molar-refractivity contribution is 0.0224. The first-order valence-electron chi connectivity index (χ1n) is 4.22. The molecule has 74 valence electrons. The SMILES string of the molecule is CNCC(O)C(O)c1ccc(C)s1. The van der Waals surface area contributed by atoms with E-state index in [1.807, 2.05) is 19.1 Å². The number of rotatable bonds is 4. The summed E-state index contributed by atoms with van der Waals surface area (Å²) >= 11 is 1.51. The van der Waals surface area contributed by atoms with Gasteiger partial charge in [0.15, 0.2) is 0 Å². The van der Waals surface area contributed by atoms with Crippen molar-refractivity contribution >= 4 is 11.3 Å². The molecule has 4 heteroatoms. The lowest BCUT2D eigenvalue weighted by Crippen LogP contribution is -2.29. The molecule has 1 aromatic heterocycles. The number of aliphatic hydroxyl groups is 2. The van der Waals surface area contributed by atoms with Crippen LogP contribution in [0.15, 0.2) is 12.1 Å². The Balaban J connectivity index is 2.61. The van der Waals surface area contributed by atoms with Crippen molar-refractivity contribution in [1.29, 1.82) is 0 Å². The van der Waals surface area contributed by atoms with Gasteiger partial charge in [0.05, 0.1) is 6.10 Å². The summed E-state index contributed by atoms with van der Waals surface area (Å²) in [7, 11) is 1.75. The predicted molar refractivity (Wildman–Crippen MR) is 53.9 cm³/mol. The molecule has 3 N–H and O–H groups in total. The quantitative estimate of drug-likeness (QED) is 0.671. The minimum absolute atomic E-state index is 0.401. The highest BCUT2D eigenvalue weighted by Gasteiger charge is 2.18. The van der Waals surface area contributed by atoms with Crippen molar-refractivity contribution in [2.24, 2.45) is 0 Å². The highest BCUT2D eigenvalue weighted by Crippen LogP contribution is 2.24. The van der Waals surface area contributed by atoms with Gasteiger partial charge in [-0.3, -0.25) is 0 Å². The van der Waals surface area contributed by atoms with E-state index in [0.29, 0.717) is 6.54 Å². The van der Waals surface area contributed by atoms with E-state index in [0.717, 1.165) is 9.75 Å². The molecule has 0 aromatic carbocycles. The fraction of sp³-hybridized carbons (Fsp3) is 0.556. The van der Waals surface area contributed by atoms with Gasteiger partial charge in [-0.2, -0.15) is 0 Å². The molecule has 0 amide bonds. The van der Waals surface area contributed by atoms with Gasteiger partial charge in [-0.05, 0) is 26.1 Å². The molecule has 3 nitrogen and oxygen atoms in total. The Labute approximate surface area is 82.0 Å². The van der Waals surface area contributed by atoms with Crippen molar-refractivity contribution < 1.29 is 10.2 Å². The number of nitrogens with one attached hydrogen (secondary N) is 1. The van der Waals surface area contributed by atoms with Crippen LogP contribution in [0.3, 0.4) is 0 Å². The number of hydrogen-bond donors (Lipinski definition) is 3. The van der Waals surface area contributed by atoms with Gasteiger partial charge < -0.3 is 15.5 Å². The summed E-state index contributed by atoms with van der Waals surface area (Å²) < 4.78 is 0. The Hall–Kier alpha value is -0.420. The van der Waals surface area contributed by atoms with E-state index in [2.05, 4.69) is 5.32 Å². The van der Waals surface area contributed by atoms with Crippen LogP contribution < -0.4 is 5.32 Å². The summed E-state index contributed by atoms with van der Waals surface area (Å²) in [5, 5.41) is 21.9. The summed E-state index contributed by atoms with van der Waals surface area (Å²) in [6, 6.07) is 3.79. The smallest absolute Gasteiger partial charge is 0.115 e. The predicted octanol–water partition coefficient (Wildman–Crippen LogP) is 0.670. The molecule has 0 aliphatic carbocycles. The average Bonchev–Trinajstić information content (AvgIpc) is 2.51. The third-order valence-corrected chi connectivity index (χ3v) is 2.90. The standard InChI is InChI=1S/C9H15NO2S/c1-6-3-4-8(13-6)9(12)7(11)5-10-2/h3-4,7,9-12H,5H2,1-2H3. The Morgan fingerprint density at radius 2 is 2.15 bits per heavy atom. The molecule has 1 heterocycles. The maximum absolute atomic E-state index is 9.65. The number of aliphatic hydroxyl groups excluding tert-OH is 2. The van der Waals surface area contributed by atoms with Gasteiger partial charge in [0, 0.05) is 16.3 Å². The van der Waals surface area contributed by atoms with E-state index < -0.39 is 12.2 Å². The first kappa shape index (κ1) is 10.7. The Morgan fingerprint density at radius 1 is 1.46 bits per heavy atom. The molecule has 0 radical (unpaired) electrons. The van der Waals surface area contributed by atoms with Crippen molar-refractivity contribution in [2.45, 2.75) is 19.1 Å². The van der Waals surface area contributed by atoms with Crippen LogP contribution >= 0.6 is 11.3 Å². The van der Waals surface area contributed by atoms with Crippen LogP contribution in [0.4, 0.5) is 0 Å². The van der Waals surface area contributed by atoms with Crippen molar-refractivity contribution in [3.05, 3.63) is 21.9 Å². The topological polar surface area (TPSA) is 52.5 Å². The lowest BCUT2D eigenvalue weighted by Gasteiger charge is -2.15. The van der Waals surface area contributed by atoms with Crippen LogP contribution in [-0.2, 0) is 0 Å². The van der Waals surface area contributed by atoms with Crippen LogP contribution in [0.2, 0.25) is 0 Å². The first-order chi connectivity index (χ1) is 6.15. The fourth-order valence-corrected chi connectivity index (χ4v) is 2.04. The average molecular weight is 201 g/mol. The molecule has 1 aromatic rings. The summed E-state index contributed by atoms with van der Waals surface area (Å²) in [5.74, 6) is 0. The van der Waals surface area contributed by atoms with Crippen LogP contribution in [-0.4, -0.2) is 29.9 Å². The van der Waals surface area contributed by atoms with Crippen molar-refractivity contribution in [3.8, 4) is 0 Å². The molecule has 1 rings (SSSR count). The molecule has 0 saturated carbocycles. The molecule has 2 atom stereocenters. The molecular formula is C9H15NO2S. The third-order valence-electron chi connectivity index (χ3n) is 1.83. The van der Waals surface area contributed by atoms with Crippen molar-refractivity contribution in [1.82, 2.24) is 5.32 Å². The lowest BCUT2D eigenvalue weighted by atomic mass is 10.2. The molecular weight excluding hydrogens is 186 g/mol. The Kier molecular flexibility index (Phi) is 3.87. The number of thiophene rings is 1. The minimum atomic E-state index is -0.772. The van der Waals surface area contributed by atoms with Crippen molar-refractivity contribution in [2.75, 3.05) is 13.6 Å². The van der Waals surface area contributed by atoms with E-state index in [4.69, 9.17) is 0 Å². The summed E-state index contributed by atoms with van der Waals surface area (Å²) in [6.45, 7) is 2.38. The first-order valence-corrected chi connectivity index (χ1v) is 5.04. The summed E-state index contributed by atoms with van der Waals surface area (Å²) in [5.41, 5.74) is 0. The van der Waals surface area contributed by atoms with Crippen LogP contribution in [0, 0.1) is 6.92 Å². The number of hydrogen-bond acceptors (Lipinski definition) is 4. The molecule has 0 bridgehead atoms. The monoisotopic (exact) mass is 201 g/mol. The Morgan fingerprint density at radius 3 is 2.62 bits per heavy atom. The van der Waals surface area contributed by atoms with Gasteiger partial charge in [0.2, 0.25) is 0 Å². The van der Waals surface area contributed by atoms with E-state index in [1.54, 1.807) is 7.05 Å². The second-order valence-corrected chi connectivity index (χ2v) is 4.34. The summed E-state index contributed by atoms with van der Waals surface area (Å²) in [4.78, 5) is 1.96. The molecule has 0 fully saturated rings. The summed E-state index contributed by atoms with van der Waals surface area (Å²) in [6.07, 6.45) is -1.51. The molecule has 0 spiro atoms. The van der Waals surface area contributed by atoms with E-state index >= 15 is 0 Å². The maximum atomic E-state index is 9.65.